The molecule has 0 amide bonds. The van der Waals surface area contributed by atoms with E-state index in [0.717, 1.165) is 0 Å². The maximum Gasteiger partial charge on any atom is 0.236 e. The number of benzene rings is 1. The molecule has 0 spiro atoms. The molecule has 0 radical (unpaired) electrons. The Bertz CT molecular complexity index is 532. The first kappa shape index (κ1) is 14.5. The molecule has 4 nitrogen and oxygen atoms in total. The third-order valence-electron chi connectivity index (χ3n) is 1.97. The van der Waals surface area contributed by atoms with Crippen molar-refractivity contribution in [2.45, 2.75) is 5.75 Å². The summed E-state index contributed by atoms with van der Waals surface area (Å²) in [7, 11) is 3.84. The number of hydrogen-bond donors (Lipinski definition) is 0. The van der Waals surface area contributed by atoms with E-state index in [-0.39, 0.29) is 21.5 Å². The number of ether oxygens (including phenoxy) is 2. The molecule has 0 bridgehead atoms. The van der Waals surface area contributed by atoms with Crippen LogP contribution in [0.4, 0.5) is 4.39 Å². The van der Waals surface area contributed by atoms with Gasteiger partial charge in [-0.25, -0.2) is 12.8 Å². The van der Waals surface area contributed by atoms with E-state index in [2.05, 4.69) is 15.9 Å². The van der Waals surface area contributed by atoms with Crippen LogP contribution in [0.25, 0.3) is 0 Å². The van der Waals surface area contributed by atoms with Crippen molar-refractivity contribution >= 4 is 35.7 Å². The van der Waals surface area contributed by atoms with Crippen molar-refractivity contribution < 1.29 is 22.3 Å². The molecule has 0 unspecified atom stereocenters. The highest BCUT2D eigenvalue weighted by Crippen LogP contribution is 2.37. The molecule has 0 aliphatic carbocycles. The minimum absolute atomic E-state index is 0.0994. The summed E-state index contributed by atoms with van der Waals surface area (Å²) in [5.41, 5.74) is -0.0994. The fraction of sp³-hybridized carbons (Fsp3) is 0.333. The molecule has 17 heavy (non-hydrogen) atoms. The predicted octanol–water partition coefficient (Wildman–Crippen LogP) is 2.67. The summed E-state index contributed by atoms with van der Waals surface area (Å²) in [6.07, 6.45) is 0. The van der Waals surface area contributed by atoms with Crippen molar-refractivity contribution in [2.24, 2.45) is 0 Å². The molecule has 8 heteroatoms. The minimum atomic E-state index is -3.86. The van der Waals surface area contributed by atoms with Gasteiger partial charge in [0.2, 0.25) is 9.05 Å². The topological polar surface area (TPSA) is 52.6 Å². The Kier molecular flexibility index (Phi) is 4.62. The van der Waals surface area contributed by atoms with E-state index >= 15 is 0 Å². The first-order valence-electron chi connectivity index (χ1n) is 4.31. The largest absolute Gasteiger partial charge is 0.493 e. The molecule has 0 atom stereocenters. The number of methoxy groups -OCH3 is 2. The Morgan fingerprint density at radius 1 is 1.41 bits per heavy atom. The molecule has 96 valence electrons. The third kappa shape index (κ3) is 3.46. The van der Waals surface area contributed by atoms with Crippen molar-refractivity contribution in [3.8, 4) is 11.5 Å². The Hall–Kier alpha value is -0.530. The monoisotopic (exact) mass is 346 g/mol. The lowest BCUT2D eigenvalue weighted by molar-refractivity contribution is 0.336. The fourth-order valence-electron chi connectivity index (χ4n) is 1.26. The molecule has 1 aromatic rings. The predicted molar refractivity (Wildman–Crippen MR) is 65.7 cm³/mol. The Morgan fingerprint density at radius 3 is 2.41 bits per heavy atom. The van der Waals surface area contributed by atoms with Crippen molar-refractivity contribution in [1.29, 1.82) is 0 Å². The Morgan fingerprint density at radius 2 is 2.00 bits per heavy atom. The van der Waals surface area contributed by atoms with E-state index in [4.69, 9.17) is 20.2 Å². The molecule has 0 N–H and O–H groups in total. The molecular formula is C9H9BrClFO4S. The smallest absolute Gasteiger partial charge is 0.236 e. The van der Waals surface area contributed by atoms with Crippen molar-refractivity contribution in [3.05, 3.63) is 21.9 Å². The van der Waals surface area contributed by atoms with Gasteiger partial charge in [0, 0.05) is 20.7 Å². The molecule has 0 aliphatic heterocycles. The third-order valence-corrected chi connectivity index (χ3v) is 3.64. The normalized spacial score (nSPS) is 11.4. The maximum absolute atomic E-state index is 14.0. The van der Waals surface area contributed by atoms with Gasteiger partial charge < -0.3 is 9.47 Å². The van der Waals surface area contributed by atoms with Crippen LogP contribution in [0.2, 0.25) is 0 Å². The zero-order valence-corrected chi connectivity index (χ0v) is 12.1. The molecule has 0 heterocycles. The average molecular weight is 348 g/mol. The highest BCUT2D eigenvalue weighted by atomic mass is 79.9. The van der Waals surface area contributed by atoms with E-state index in [1.165, 1.54) is 20.3 Å². The van der Waals surface area contributed by atoms with Gasteiger partial charge in [-0.05, 0) is 6.07 Å². The molecule has 1 aromatic carbocycles. The van der Waals surface area contributed by atoms with Crippen LogP contribution >= 0.6 is 26.6 Å². The van der Waals surface area contributed by atoms with E-state index in [1.54, 1.807) is 0 Å². The number of hydrogen-bond acceptors (Lipinski definition) is 4. The van der Waals surface area contributed by atoms with Gasteiger partial charge in [-0.3, -0.25) is 0 Å². The molecule has 0 saturated heterocycles. The lowest BCUT2D eigenvalue weighted by Crippen LogP contribution is -2.03. The van der Waals surface area contributed by atoms with Crippen LogP contribution in [0.15, 0.2) is 10.5 Å². The summed E-state index contributed by atoms with van der Waals surface area (Å²) in [6, 6.07) is 1.42. The molecule has 0 aromatic heterocycles. The van der Waals surface area contributed by atoms with Gasteiger partial charge in [0.05, 0.1) is 20.0 Å². The zero-order chi connectivity index (χ0) is 13.2. The first-order chi connectivity index (χ1) is 7.80. The quantitative estimate of drug-likeness (QED) is 0.786. The Balaban J connectivity index is 3.42. The molecule has 0 aliphatic rings. The van der Waals surface area contributed by atoms with Crippen molar-refractivity contribution in [2.75, 3.05) is 14.2 Å². The van der Waals surface area contributed by atoms with Gasteiger partial charge in [-0.2, -0.15) is 0 Å². The maximum atomic E-state index is 14.0. The van der Waals surface area contributed by atoms with E-state index in [0.29, 0.717) is 0 Å². The second-order valence-corrected chi connectivity index (χ2v) is 6.70. The lowest BCUT2D eigenvalue weighted by atomic mass is 10.2. The van der Waals surface area contributed by atoms with Gasteiger partial charge in [-0.15, -0.1) is 0 Å². The Labute approximate surface area is 111 Å². The second-order valence-electron chi connectivity index (χ2n) is 3.07. The van der Waals surface area contributed by atoms with Crippen LogP contribution in [-0.2, 0) is 14.8 Å². The van der Waals surface area contributed by atoms with Gasteiger partial charge in [-0.1, -0.05) is 15.9 Å². The fourth-order valence-corrected chi connectivity index (χ4v) is 2.93. The van der Waals surface area contributed by atoms with Crippen LogP contribution in [0.1, 0.15) is 5.56 Å². The van der Waals surface area contributed by atoms with Crippen molar-refractivity contribution in [1.82, 2.24) is 0 Å². The van der Waals surface area contributed by atoms with Gasteiger partial charge in [0.25, 0.3) is 0 Å². The summed E-state index contributed by atoms with van der Waals surface area (Å²) in [6.45, 7) is 0. The molecule has 0 saturated carbocycles. The van der Waals surface area contributed by atoms with E-state index in [9.17, 15) is 12.8 Å². The highest BCUT2D eigenvalue weighted by molar-refractivity contribution is 9.10. The average Bonchev–Trinajstić information content (AvgIpc) is 2.22. The van der Waals surface area contributed by atoms with Crippen LogP contribution < -0.4 is 9.47 Å². The zero-order valence-electron chi connectivity index (χ0n) is 8.96. The summed E-state index contributed by atoms with van der Waals surface area (Å²) >= 11 is 3.06. The van der Waals surface area contributed by atoms with E-state index < -0.39 is 20.6 Å². The second kappa shape index (κ2) is 5.41. The summed E-state index contributed by atoms with van der Waals surface area (Å²) < 4.78 is 45.9. The van der Waals surface area contributed by atoms with Crippen LogP contribution in [-0.4, -0.2) is 22.6 Å². The first-order valence-corrected chi connectivity index (χ1v) is 7.58. The number of halogens is 3. The van der Waals surface area contributed by atoms with Crippen LogP contribution in [0.3, 0.4) is 0 Å². The van der Waals surface area contributed by atoms with Gasteiger partial charge in [0.15, 0.2) is 17.3 Å². The van der Waals surface area contributed by atoms with Crippen LogP contribution in [0, 0.1) is 5.82 Å². The lowest BCUT2D eigenvalue weighted by Gasteiger charge is -2.12. The van der Waals surface area contributed by atoms with E-state index in [1.807, 2.05) is 0 Å². The van der Waals surface area contributed by atoms with Gasteiger partial charge >= 0.3 is 0 Å². The van der Waals surface area contributed by atoms with Crippen molar-refractivity contribution in [3.63, 3.8) is 0 Å². The molecule has 1 rings (SSSR count). The summed E-state index contributed by atoms with van der Waals surface area (Å²) in [5, 5.41) is 0. The summed E-state index contributed by atoms with van der Waals surface area (Å²) in [5.74, 6) is -1.46. The van der Waals surface area contributed by atoms with Crippen LogP contribution in [0.5, 0.6) is 11.5 Å². The molecule has 0 fully saturated rings. The van der Waals surface area contributed by atoms with Gasteiger partial charge in [0.1, 0.15) is 0 Å². The number of rotatable bonds is 4. The summed E-state index contributed by atoms with van der Waals surface area (Å²) in [4.78, 5) is 0. The standard InChI is InChI=1S/C9H9BrClFO4S/c1-15-7-3-6(10)5(4-17(11,13)14)8(12)9(7)16-2/h3H,4H2,1-2H3. The molecular weight excluding hydrogens is 339 g/mol. The highest BCUT2D eigenvalue weighted by Gasteiger charge is 2.22. The SMILES string of the molecule is COc1cc(Br)c(CS(=O)(=O)Cl)c(F)c1OC. The minimum Gasteiger partial charge on any atom is -0.493 e.